The molecule has 5 heteroatoms. The maximum Gasteiger partial charge on any atom is 0.0741 e. The van der Waals surface area contributed by atoms with E-state index in [1.807, 2.05) is 40.0 Å². The fourth-order valence-corrected chi connectivity index (χ4v) is 4.74. The molecule has 0 bridgehead atoms. The molecule has 0 N–H and O–H groups in total. The standard InChI is InChI=1S/C28H19N5/c1-3-11-26-20(7-1)19-30-33(26)23-9-5-8-22(17-23)32-27-12-4-2-10-24(27)25-14-13-21(18-28(25)32)31-16-6-15-29-31/h1-19H. The number of para-hydroxylation sites is 2. The van der Waals surface area contributed by atoms with Crippen molar-refractivity contribution >= 4 is 32.7 Å². The molecule has 0 spiro atoms. The summed E-state index contributed by atoms with van der Waals surface area (Å²) in [5.41, 5.74) is 6.57. The maximum atomic E-state index is 4.66. The van der Waals surface area contributed by atoms with Gasteiger partial charge in [0.1, 0.15) is 0 Å². The Morgan fingerprint density at radius 1 is 0.545 bits per heavy atom. The van der Waals surface area contributed by atoms with Crippen molar-refractivity contribution in [3.63, 3.8) is 0 Å². The van der Waals surface area contributed by atoms with Gasteiger partial charge in [-0.25, -0.2) is 9.36 Å². The predicted molar refractivity (Wildman–Crippen MR) is 133 cm³/mol. The van der Waals surface area contributed by atoms with Crippen LogP contribution in [0.2, 0.25) is 0 Å². The molecule has 33 heavy (non-hydrogen) atoms. The molecule has 0 aliphatic rings. The summed E-state index contributed by atoms with van der Waals surface area (Å²) in [6.45, 7) is 0. The van der Waals surface area contributed by atoms with Crippen LogP contribution in [0.5, 0.6) is 0 Å². The van der Waals surface area contributed by atoms with E-state index in [0.29, 0.717) is 0 Å². The van der Waals surface area contributed by atoms with Gasteiger partial charge in [-0.1, -0.05) is 48.5 Å². The number of rotatable bonds is 3. The smallest absolute Gasteiger partial charge is 0.0741 e. The molecule has 3 heterocycles. The lowest BCUT2D eigenvalue weighted by molar-refractivity contribution is 0.881. The van der Waals surface area contributed by atoms with Gasteiger partial charge in [0.2, 0.25) is 0 Å². The molecule has 0 atom stereocenters. The second-order valence-corrected chi connectivity index (χ2v) is 8.14. The topological polar surface area (TPSA) is 40.6 Å². The highest BCUT2D eigenvalue weighted by atomic mass is 15.3. The first-order valence-corrected chi connectivity index (χ1v) is 10.9. The summed E-state index contributed by atoms with van der Waals surface area (Å²) < 4.78 is 6.22. The summed E-state index contributed by atoms with van der Waals surface area (Å²) in [5.74, 6) is 0. The van der Waals surface area contributed by atoms with Gasteiger partial charge in [0.05, 0.1) is 34.1 Å². The molecular weight excluding hydrogens is 406 g/mol. The van der Waals surface area contributed by atoms with Crippen LogP contribution in [0.3, 0.4) is 0 Å². The van der Waals surface area contributed by atoms with Gasteiger partial charge in [0, 0.05) is 34.2 Å². The van der Waals surface area contributed by atoms with Crippen molar-refractivity contribution in [2.75, 3.05) is 0 Å². The molecule has 4 aromatic carbocycles. The second kappa shape index (κ2) is 6.93. The minimum atomic E-state index is 1.03. The Labute approximate surface area is 189 Å². The van der Waals surface area contributed by atoms with Gasteiger partial charge < -0.3 is 4.57 Å². The van der Waals surface area contributed by atoms with E-state index in [2.05, 4.69) is 93.6 Å². The first-order chi connectivity index (χ1) is 16.4. The van der Waals surface area contributed by atoms with Crippen LogP contribution < -0.4 is 0 Å². The molecule has 0 radical (unpaired) electrons. The van der Waals surface area contributed by atoms with E-state index in [-0.39, 0.29) is 0 Å². The Kier molecular flexibility index (Phi) is 3.78. The zero-order valence-electron chi connectivity index (χ0n) is 17.7. The number of nitrogens with zero attached hydrogens (tertiary/aromatic N) is 5. The average molecular weight is 425 g/mol. The molecule has 0 aliphatic carbocycles. The van der Waals surface area contributed by atoms with E-state index in [1.165, 1.54) is 16.3 Å². The van der Waals surface area contributed by atoms with E-state index in [0.717, 1.165) is 33.5 Å². The Balaban J connectivity index is 1.50. The maximum absolute atomic E-state index is 4.66. The van der Waals surface area contributed by atoms with Gasteiger partial charge in [0.25, 0.3) is 0 Å². The summed E-state index contributed by atoms with van der Waals surface area (Å²) in [7, 11) is 0. The predicted octanol–water partition coefficient (Wildman–Crippen LogP) is 6.31. The third-order valence-corrected chi connectivity index (χ3v) is 6.24. The highest BCUT2D eigenvalue weighted by Gasteiger charge is 2.14. The molecule has 7 aromatic rings. The lowest BCUT2D eigenvalue weighted by Crippen LogP contribution is -2.00. The van der Waals surface area contributed by atoms with Crippen molar-refractivity contribution in [1.29, 1.82) is 0 Å². The zero-order chi connectivity index (χ0) is 21.8. The van der Waals surface area contributed by atoms with Crippen molar-refractivity contribution in [2.45, 2.75) is 0 Å². The Hall–Kier alpha value is -4.64. The van der Waals surface area contributed by atoms with Crippen LogP contribution in [-0.4, -0.2) is 24.1 Å². The van der Waals surface area contributed by atoms with Gasteiger partial charge >= 0.3 is 0 Å². The van der Waals surface area contributed by atoms with Crippen LogP contribution in [0, 0.1) is 0 Å². The lowest BCUT2D eigenvalue weighted by Gasteiger charge is -2.11. The van der Waals surface area contributed by atoms with E-state index in [4.69, 9.17) is 0 Å². The monoisotopic (exact) mass is 425 g/mol. The van der Waals surface area contributed by atoms with E-state index in [1.54, 1.807) is 6.20 Å². The number of hydrogen-bond acceptors (Lipinski definition) is 2. The molecular formula is C28H19N5. The molecule has 0 aliphatic heterocycles. The normalized spacial score (nSPS) is 11.6. The average Bonchev–Trinajstić information content (AvgIpc) is 3.61. The van der Waals surface area contributed by atoms with Crippen molar-refractivity contribution < 1.29 is 0 Å². The first-order valence-electron chi connectivity index (χ1n) is 10.9. The van der Waals surface area contributed by atoms with E-state index < -0.39 is 0 Å². The number of aromatic nitrogens is 5. The molecule has 3 aromatic heterocycles. The summed E-state index contributed by atoms with van der Waals surface area (Å²) in [6.07, 6.45) is 5.69. The molecule has 0 saturated heterocycles. The summed E-state index contributed by atoms with van der Waals surface area (Å²) in [6, 6.07) is 33.9. The Bertz CT molecular complexity index is 1770. The number of fused-ring (bicyclic) bond motifs is 4. The third kappa shape index (κ3) is 2.72. The van der Waals surface area contributed by atoms with Crippen LogP contribution in [0.1, 0.15) is 0 Å². The largest absolute Gasteiger partial charge is 0.309 e. The van der Waals surface area contributed by atoms with Crippen LogP contribution in [0.15, 0.2) is 116 Å². The molecule has 7 rings (SSSR count). The molecule has 0 amide bonds. The molecule has 0 saturated carbocycles. The molecule has 0 fully saturated rings. The van der Waals surface area contributed by atoms with Crippen LogP contribution in [0.4, 0.5) is 0 Å². The zero-order valence-corrected chi connectivity index (χ0v) is 17.7. The highest BCUT2D eigenvalue weighted by Crippen LogP contribution is 2.33. The van der Waals surface area contributed by atoms with Crippen molar-refractivity contribution in [1.82, 2.24) is 24.1 Å². The van der Waals surface area contributed by atoms with E-state index in [9.17, 15) is 0 Å². The number of hydrogen-bond donors (Lipinski definition) is 0. The van der Waals surface area contributed by atoms with Crippen molar-refractivity contribution in [3.8, 4) is 17.1 Å². The SMILES string of the molecule is c1cc(-n2ncc3ccccc32)cc(-n2c3ccccc3c3ccc(-n4cccn4)cc32)c1. The fraction of sp³-hybridized carbons (Fsp3) is 0. The Morgan fingerprint density at radius 3 is 2.27 bits per heavy atom. The van der Waals surface area contributed by atoms with E-state index >= 15 is 0 Å². The summed E-state index contributed by atoms with van der Waals surface area (Å²) in [5, 5.41) is 12.7. The van der Waals surface area contributed by atoms with Crippen LogP contribution >= 0.6 is 0 Å². The lowest BCUT2D eigenvalue weighted by atomic mass is 10.1. The van der Waals surface area contributed by atoms with Crippen molar-refractivity contribution in [3.05, 3.63) is 116 Å². The Morgan fingerprint density at radius 2 is 1.36 bits per heavy atom. The fourth-order valence-electron chi connectivity index (χ4n) is 4.74. The van der Waals surface area contributed by atoms with Gasteiger partial charge in [-0.2, -0.15) is 10.2 Å². The van der Waals surface area contributed by atoms with Gasteiger partial charge in [-0.3, -0.25) is 0 Å². The quantitative estimate of drug-likeness (QED) is 0.333. The minimum absolute atomic E-state index is 1.03. The van der Waals surface area contributed by atoms with Gasteiger partial charge in [0.15, 0.2) is 0 Å². The van der Waals surface area contributed by atoms with Gasteiger partial charge in [-0.05, 0) is 48.5 Å². The summed E-state index contributed by atoms with van der Waals surface area (Å²) >= 11 is 0. The summed E-state index contributed by atoms with van der Waals surface area (Å²) in [4.78, 5) is 0. The minimum Gasteiger partial charge on any atom is -0.309 e. The van der Waals surface area contributed by atoms with Gasteiger partial charge in [-0.15, -0.1) is 0 Å². The van der Waals surface area contributed by atoms with Crippen LogP contribution in [0.25, 0.3) is 49.8 Å². The molecule has 5 nitrogen and oxygen atoms in total. The molecule has 0 unspecified atom stereocenters. The second-order valence-electron chi connectivity index (χ2n) is 8.14. The van der Waals surface area contributed by atoms with Crippen molar-refractivity contribution in [2.24, 2.45) is 0 Å². The first kappa shape index (κ1) is 18.0. The number of benzene rings is 4. The van der Waals surface area contributed by atoms with Crippen LogP contribution in [-0.2, 0) is 0 Å². The highest BCUT2D eigenvalue weighted by molar-refractivity contribution is 6.09. The molecule has 156 valence electrons. The third-order valence-electron chi connectivity index (χ3n) is 6.24.